The fourth-order valence-corrected chi connectivity index (χ4v) is 5.86. The van der Waals surface area contributed by atoms with E-state index in [-0.39, 0.29) is 35.3 Å². The van der Waals surface area contributed by atoms with Gasteiger partial charge in [-0.25, -0.2) is 4.79 Å². The van der Waals surface area contributed by atoms with Crippen LogP contribution in [-0.4, -0.2) is 59.9 Å². The zero-order chi connectivity index (χ0) is 30.0. The lowest BCUT2D eigenvalue weighted by Crippen LogP contribution is -2.45. The standard InChI is InChI=1S/C29H43N3O7Si/c1-10-22-24(39-40(8,9)29(5,6)7)17-23(37-22)20-15-16-25(30-26(20)33)31(27(34)38-28(2,3)4)18-19-13-11-12-14-21(19)32(35)36/h11-16,20,22-24H,10,17-18H2,1-9H3/t20?,22-,23-,24?/m1/s1. The predicted octanol–water partition coefficient (Wildman–Crippen LogP) is 6.40. The number of para-hydroxylation sites is 1. The van der Waals surface area contributed by atoms with Crippen molar-refractivity contribution in [2.75, 3.05) is 0 Å². The summed E-state index contributed by atoms with van der Waals surface area (Å²) in [7, 11) is -2.05. The summed E-state index contributed by atoms with van der Waals surface area (Å²) < 4.78 is 18.5. The van der Waals surface area contributed by atoms with Gasteiger partial charge in [-0.1, -0.05) is 52.0 Å². The van der Waals surface area contributed by atoms with Gasteiger partial charge in [-0.05, 0) is 51.4 Å². The number of amidine groups is 1. The number of carbonyl (C=O) groups excluding carboxylic acids is 2. The van der Waals surface area contributed by atoms with Crippen molar-refractivity contribution in [2.24, 2.45) is 10.9 Å². The van der Waals surface area contributed by atoms with Gasteiger partial charge in [0.1, 0.15) is 11.4 Å². The molecule has 3 rings (SSSR count). The second kappa shape index (κ2) is 11.9. The number of dihydropyridines is 1. The molecule has 2 amide bonds. The van der Waals surface area contributed by atoms with Crippen LogP contribution in [0.1, 0.15) is 66.9 Å². The zero-order valence-corrected chi connectivity index (χ0v) is 26.1. The van der Waals surface area contributed by atoms with Crippen LogP contribution in [0, 0.1) is 16.0 Å². The van der Waals surface area contributed by atoms with Crippen molar-refractivity contribution in [2.45, 2.75) is 110 Å². The minimum absolute atomic E-state index is 0.0437. The number of nitro benzene ring substituents is 1. The molecule has 1 fully saturated rings. The van der Waals surface area contributed by atoms with Crippen LogP contribution >= 0.6 is 0 Å². The first-order valence-electron chi connectivity index (χ1n) is 13.8. The van der Waals surface area contributed by atoms with Gasteiger partial charge < -0.3 is 13.9 Å². The Morgan fingerprint density at radius 2 is 1.85 bits per heavy atom. The molecule has 40 heavy (non-hydrogen) atoms. The Kier molecular flexibility index (Phi) is 9.42. The highest BCUT2D eigenvalue weighted by atomic mass is 28.4. The molecule has 1 aromatic rings. The summed E-state index contributed by atoms with van der Waals surface area (Å²) in [6.45, 7) is 18.0. The second-order valence-electron chi connectivity index (χ2n) is 12.9. The summed E-state index contributed by atoms with van der Waals surface area (Å²) in [4.78, 5) is 43.0. The number of hydrogen-bond donors (Lipinski definition) is 0. The predicted molar refractivity (Wildman–Crippen MR) is 156 cm³/mol. The Morgan fingerprint density at radius 1 is 1.20 bits per heavy atom. The first kappa shape index (κ1) is 31.6. The van der Waals surface area contributed by atoms with Gasteiger partial charge in [-0.3, -0.25) is 19.8 Å². The number of carbonyl (C=O) groups is 2. The van der Waals surface area contributed by atoms with Crippen LogP contribution in [0.2, 0.25) is 18.1 Å². The van der Waals surface area contributed by atoms with E-state index in [4.69, 9.17) is 13.9 Å². The molecule has 4 atom stereocenters. The quantitative estimate of drug-likeness (QED) is 0.210. The van der Waals surface area contributed by atoms with Crippen LogP contribution in [0.5, 0.6) is 0 Å². The molecule has 0 radical (unpaired) electrons. The highest BCUT2D eigenvalue weighted by molar-refractivity contribution is 6.74. The summed E-state index contributed by atoms with van der Waals surface area (Å²) in [6.07, 6.45) is 3.23. The SMILES string of the molecule is CC[C@H]1O[C@@H](C2C=CC(N(Cc3ccccc3[N+](=O)[O-])C(=O)OC(C)(C)C)=NC2=O)CC1O[Si](C)(C)C(C)(C)C. The molecule has 2 aliphatic rings. The van der Waals surface area contributed by atoms with Crippen molar-refractivity contribution in [3.63, 3.8) is 0 Å². The van der Waals surface area contributed by atoms with E-state index in [1.807, 2.05) is 6.92 Å². The number of benzene rings is 1. The third kappa shape index (κ3) is 7.44. The number of ether oxygens (including phenoxy) is 2. The van der Waals surface area contributed by atoms with Crippen molar-refractivity contribution in [3.8, 4) is 0 Å². The zero-order valence-electron chi connectivity index (χ0n) is 25.1. The van der Waals surface area contributed by atoms with E-state index < -0.39 is 42.9 Å². The van der Waals surface area contributed by atoms with Crippen molar-refractivity contribution < 1.29 is 28.4 Å². The molecule has 11 heteroatoms. The van der Waals surface area contributed by atoms with Crippen molar-refractivity contribution >= 4 is 31.8 Å². The molecule has 0 saturated carbocycles. The van der Waals surface area contributed by atoms with E-state index in [1.54, 1.807) is 51.1 Å². The first-order chi connectivity index (χ1) is 18.4. The van der Waals surface area contributed by atoms with Crippen LogP contribution < -0.4 is 0 Å². The number of hydrogen-bond acceptors (Lipinski definition) is 7. The Morgan fingerprint density at radius 3 is 2.40 bits per heavy atom. The maximum atomic E-state index is 13.3. The molecule has 10 nitrogen and oxygen atoms in total. The Balaban J connectivity index is 1.84. The van der Waals surface area contributed by atoms with Gasteiger partial charge in [0.2, 0.25) is 0 Å². The minimum Gasteiger partial charge on any atom is -0.443 e. The molecule has 0 spiro atoms. The van der Waals surface area contributed by atoms with E-state index in [0.717, 1.165) is 11.3 Å². The maximum Gasteiger partial charge on any atom is 0.416 e. The molecule has 0 aliphatic carbocycles. The fraction of sp³-hybridized carbons (Fsp3) is 0.621. The monoisotopic (exact) mass is 573 g/mol. The average molecular weight is 574 g/mol. The van der Waals surface area contributed by atoms with Crippen molar-refractivity contribution in [1.82, 2.24) is 4.90 Å². The smallest absolute Gasteiger partial charge is 0.416 e. The van der Waals surface area contributed by atoms with E-state index in [2.05, 4.69) is 38.9 Å². The Bertz CT molecular complexity index is 1180. The van der Waals surface area contributed by atoms with Crippen LogP contribution in [-0.2, 0) is 25.2 Å². The molecule has 2 aliphatic heterocycles. The summed E-state index contributed by atoms with van der Waals surface area (Å²) in [5.41, 5.74) is -0.673. The van der Waals surface area contributed by atoms with Crippen LogP contribution in [0.3, 0.4) is 0 Å². The van der Waals surface area contributed by atoms with Crippen molar-refractivity contribution in [3.05, 3.63) is 52.1 Å². The van der Waals surface area contributed by atoms with Gasteiger partial charge in [0, 0.05) is 18.1 Å². The van der Waals surface area contributed by atoms with Gasteiger partial charge in [0.15, 0.2) is 8.32 Å². The summed E-state index contributed by atoms with van der Waals surface area (Å²) >= 11 is 0. The van der Waals surface area contributed by atoms with Crippen molar-refractivity contribution in [1.29, 1.82) is 0 Å². The summed E-state index contributed by atoms with van der Waals surface area (Å²) in [5, 5.41) is 11.6. The number of aliphatic imine (C=N–C) groups is 1. The minimum atomic E-state index is -2.05. The number of nitrogens with zero attached hydrogens (tertiary/aromatic N) is 3. The Hall–Kier alpha value is -2.89. The highest BCUT2D eigenvalue weighted by Crippen LogP contribution is 2.41. The molecule has 0 aromatic heterocycles. The number of rotatable bonds is 7. The van der Waals surface area contributed by atoms with Crippen LogP contribution in [0.15, 0.2) is 41.4 Å². The summed E-state index contributed by atoms with van der Waals surface area (Å²) in [6, 6.07) is 6.14. The van der Waals surface area contributed by atoms with E-state index in [1.165, 1.54) is 6.07 Å². The third-order valence-corrected chi connectivity index (χ3v) is 12.2. The topological polar surface area (TPSA) is 121 Å². The van der Waals surface area contributed by atoms with Crippen LogP contribution in [0.25, 0.3) is 0 Å². The molecule has 1 aromatic carbocycles. The molecule has 1 saturated heterocycles. The molecule has 0 bridgehead atoms. The molecule has 0 N–H and O–H groups in total. The lowest BCUT2D eigenvalue weighted by molar-refractivity contribution is -0.385. The number of nitro groups is 1. The van der Waals surface area contributed by atoms with Gasteiger partial charge in [0.25, 0.3) is 11.6 Å². The molecule has 2 heterocycles. The van der Waals surface area contributed by atoms with Crippen LogP contribution in [0.4, 0.5) is 10.5 Å². The Labute approximate surface area is 238 Å². The third-order valence-electron chi connectivity index (χ3n) is 7.65. The lowest BCUT2D eigenvalue weighted by atomic mass is 9.95. The van der Waals surface area contributed by atoms with Gasteiger partial charge >= 0.3 is 6.09 Å². The first-order valence-corrected chi connectivity index (χ1v) is 16.7. The fourth-order valence-electron chi connectivity index (χ4n) is 4.50. The molecule has 2 unspecified atom stereocenters. The molecular weight excluding hydrogens is 530 g/mol. The van der Waals surface area contributed by atoms with E-state index in [9.17, 15) is 19.7 Å². The van der Waals surface area contributed by atoms with Gasteiger partial charge in [-0.15, -0.1) is 0 Å². The highest BCUT2D eigenvalue weighted by Gasteiger charge is 2.47. The van der Waals surface area contributed by atoms with E-state index >= 15 is 0 Å². The maximum absolute atomic E-state index is 13.3. The summed E-state index contributed by atoms with van der Waals surface area (Å²) in [5.74, 6) is -1.01. The normalized spacial score (nSPS) is 23.6. The molecule has 220 valence electrons. The van der Waals surface area contributed by atoms with E-state index in [0.29, 0.717) is 12.0 Å². The molecular formula is C29H43N3O7Si. The van der Waals surface area contributed by atoms with Gasteiger partial charge in [0.05, 0.1) is 35.7 Å². The number of amides is 2. The lowest BCUT2D eigenvalue weighted by Gasteiger charge is -2.39. The second-order valence-corrected chi connectivity index (χ2v) is 17.7. The van der Waals surface area contributed by atoms with Gasteiger partial charge in [-0.2, -0.15) is 4.99 Å². The average Bonchev–Trinajstić information content (AvgIpc) is 3.22. The largest absolute Gasteiger partial charge is 0.443 e.